The number of aromatic nitrogens is 2. The van der Waals surface area contributed by atoms with Gasteiger partial charge in [-0.1, -0.05) is 36.8 Å². The van der Waals surface area contributed by atoms with Crippen molar-refractivity contribution < 1.29 is 14.3 Å². The van der Waals surface area contributed by atoms with Gasteiger partial charge in [-0.25, -0.2) is 0 Å². The molecule has 2 aromatic carbocycles. The van der Waals surface area contributed by atoms with Crippen molar-refractivity contribution in [1.29, 1.82) is 0 Å². The van der Waals surface area contributed by atoms with Crippen LogP contribution in [0.3, 0.4) is 0 Å². The van der Waals surface area contributed by atoms with E-state index in [-0.39, 0.29) is 24.4 Å². The lowest BCUT2D eigenvalue weighted by atomic mass is 10.1. The molecule has 8 nitrogen and oxygen atoms in total. The maximum atomic E-state index is 13.2. The van der Waals surface area contributed by atoms with Crippen LogP contribution in [0.1, 0.15) is 36.2 Å². The number of rotatable bonds is 8. The van der Waals surface area contributed by atoms with Crippen molar-refractivity contribution in [3.05, 3.63) is 71.8 Å². The lowest BCUT2D eigenvalue weighted by Crippen LogP contribution is -2.53. The molecule has 0 bridgehead atoms. The summed E-state index contributed by atoms with van der Waals surface area (Å²) in [4.78, 5) is 32.1. The Morgan fingerprint density at radius 1 is 1.00 bits per heavy atom. The molecule has 8 heteroatoms. The van der Waals surface area contributed by atoms with Crippen molar-refractivity contribution in [2.24, 2.45) is 0 Å². The average Bonchev–Trinajstić information content (AvgIpc) is 2.95. The van der Waals surface area contributed by atoms with Gasteiger partial charge in [0, 0.05) is 43.3 Å². The van der Waals surface area contributed by atoms with Gasteiger partial charge in [0.1, 0.15) is 12.3 Å². The minimum Gasteiger partial charge on any atom is -0.497 e. The second kappa shape index (κ2) is 11.9. The van der Waals surface area contributed by atoms with Gasteiger partial charge in [-0.15, -0.1) is 10.2 Å². The summed E-state index contributed by atoms with van der Waals surface area (Å²) in [7, 11) is 1.64. The highest BCUT2D eigenvalue weighted by Crippen LogP contribution is 2.23. The Labute approximate surface area is 218 Å². The smallest absolute Gasteiger partial charge is 0.254 e. The molecule has 1 aromatic heterocycles. The summed E-state index contributed by atoms with van der Waals surface area (Å²) in [5.74, 6) is 1.43. The van der Waals surface area contributed by atoms with Gasteiger partial charge in [0.2, 0.25) is 5.91 Å². The summed E-state index contributed by atoms with van der Waals surface area (Å²) >= 11 is 0. The fourth-order valence-corrected chi connectivity index (χ4v) is 4.37. The van der Waals surface area contributed by atoms with Crippen LogP contribution in [0, 0.1) is 6.92 Å². The summed E-state index contributed by atoms with van der Waals surface area (Å²) in [5, 5.41) is 8.83. The molecule has 194 valence electrons. The highest BCUT2D eigenvalue weighted by atomic mass is 16.5. The molecule has 1 aliphatic heterocycles. The minimum atomic E-state index is -0.104. The van der Waals surface area contributed by atoms with E-state index in [0.29, 0.717) is 31.7 Å². The van der Waals surface area contributed by atoms with Gasteiger partial charge in [0.25, 0.3) is 5.91 Å². The number of hydrogen-bond donors (Lipinski definition) is 0. The zero-order valence-electron chi connectivity index (χ0n) is 22.1. The molecular formula is C29H35N5O3. The Balaban J connectivity index is 1.36. The molecule has 0 aliphatic carbocycles. The predicted octanol–water partition coefficient (Wildman–Crippen LogP) is 4.05. The molecule has 4 rings (SSSR count). The Bertz CT molecular complexity index is 1200. The average molecular weight is 502 g/mol. The van der Waals surface area contributed by atoms with Crippen LogP contribution in [0.15, 0.2) is 60.7 Å². The number of carbonyl (C=O) groups excluding carboxylic acids is 2. The zero-order chi connectivity index (χ0) is 26.4. The predicted molar refractivity (Wildman–Crippen MR) is 145 cm³/mol. The van der Waals surface area contributed by atoms with Crippen LogP contribution in [0.5, 0.6) is 5.75 Å². The van der Waals surface area contributed by atoms with Gasteiger partial charge in [0.15, 0.2) is 5.82 Å². The molecule has 1 aliphatic rings. The summed E-state index contributed by atoms with van der Waals surface area (Å²) < 4.78 is 5.30. The number of nitrogens with zero attached hydrogens (tertiary/aromatic N) is 5. The van der Waals surface area contributed by atoms with Crippen molar-refractivity contribution in [2.45, 2.75) is 33.2 Å². The van der Waals surface area contributed by atoms with Gasteiger partial charge >= 0.3 is 0 Å². The SMILES string of the molecule is CCC(C)N(CC(=O)N1CCN(c2ccc(-c3cccc(OC)c3)nn2)CC1)C(=O)c1ccc(C)cc1. The van der Waals surface area contributed by atoms with Crippen LogP contribution in [-0.2, 0) is 4.79 Å². The molecule has 0 radical (unpaired) electrons. The number of benzene rings is 2. The number of hydrogen-bond acceptors (Lipinski definition) is 6. The number of carbonyl (C=O) groups is 2. The van der Waals surface area contributed by atoms with Crippen LogP contribution in [0.25, 0.3) is 11.3 Å². The lowest BCUT2D eigenvalue weighted by Gasteiger charge is -2.37. The third kappa shape index (κ3) is 6.25. The first-order valence-electron chi connectivity index (χ1n) is 12.8. The van der Waals surface area contributed by atoms with E-state index in [4.69, 9.17) is 4.74 Å². The highest BCUT2D eigenvalue weighted by Gasteiger charge is 2.28. The van der Waals surface area contributed by atoms with Gasteiger partial charge < -0.3 is 19.4 Å². The van der Waals surface area contributed by atoms with Gasteiger partial charge in [-0.2, -0.15) is 0 Å². The number of aryl methyl sites for hydroxylation is 1. The van der Waals surface area contributed by atoms with E-state index in [1.807, 2.05) is 86.3 Å². The van der Waals surface area contributed by atoms with Crippen LogP contribution >= 0.6 is 0 Å². The van der Waals surface area contributed by atoms with Gasteiger partial charge in [-0.3, -0.25) is 9.59 Å². The molecule has 2 heterocycles. The van der Waals surface area contributed by atoms with Crippen LogP contribution in [0.2, 0.25) is 0 Å². The van der Waals surface area contributed by atoms with Crippen LogP contribution in [-0.4, -0.2) is 77.7 Å². The first-order valence-corrected chi connectivity index (χ1v) is 12.8. The lowest BCUT2D eigenvalue weighted by molar-refractivity contribution is -0.132. The minimum absolute atomic E-state index is 0.0279. The third-order valence-electron chi connectivity index (χ3n) is 6.96. The summed E-state index contributed by atoms with van der Waals surface area (Å²) in [5.41, 5.74) is 3.43. The van der Waals surface area contributed by atoms with Crippen molar-refractivity contribution in [1.82, 2.24) is 20.0 Å². The van der Waals surface area contributed by atoms with E-state index in [1.165, 1.54) is 0 Å². The highest BCUT2D eigenvalue weighted by molar-refractivity contribution is 5.96. The molecule has 1 unspecified atom stereocenters. The number of methoxy groups -OCH3 is 1. The summed E-state index contributed by atoms with van der Waals surface area (Å²) in [6.45, 7) is 8.56. The molecule has 1 atom stereocenters. The quantitative estimate of drug-likeness (QED) is 0.463. The molecule has 1 fully saturated rings. The van der Waals surface area contributed by atoms with E-state index in [1.54, 1.807) is 12.0 Å². The number of amides is 2. The van der Waals surface area contributed by atoms with Crippen molar-refractivity contribution >= 4 is 17.6 Å². The van der Waals surface area contributed by atoms with Crippen LogP contribution in [0.4, 0.5) is 5.82 Å². The second-order valence-electron chi connectivity index (χ2n) is 9.43. The normalized spacial score (nSPS) is 14.3. The maximum Gasteiger partial charge on any atom is 0.254 e. The van der Waals surface area contributed by atoms with E-state index in [0.717, 1.165) is 34.8 Å². The van der Waals surface area contributed by atoms with Crippen molar-refractivity contribution in [3.63, 3.8) is 0 Å². The Kier molecular flexibility index (Phi) is 8.38. The molecular weight excluding hydrogens is 466 g/mol. The zero-order valence-corrected chi connectivity index (χ0v) is 22.1. The summed E-state index contributed by atoms with van der Waals surface area (Å²) in [6, 6.07) is 19.1. The third-order valence-corrected chi connectivity index (χ3v) is 6.96. The molecule has 0 spiro atoms. The topological polar surface area (TPSA) is 78.9 Å². The first-order chi connectivity index (χ1) is 17.9. The summed E-state index contributed by atoms with van der Waals surface area (Å²) in [6.07, 6.45) is 0.781. The molecule has 1 saturated heterocycles. The van der Waals surface area contributed by atoms with Gasteiger partial charge in [0.05, 0.1) is 12.8 Å². The van der Waals surface area contributed by atoms with E-state index >= 15 is 0 Å². The Hall–Kier alpha value is -3.94. The standard InChI is InChI=1S/C29H35N5O3/c1-5-22(3)34(29(36)23-11-9-21(2)10-12-23)20-28(35)33-17-15-32(16-18-33)27-14-13-26(30-31-27)24-7-6-8-25(19-24)37-4/h6-14,19,22H,5,15-18,20H2,1-4H3. The van der Waals surface area contributed by atoms with Crippen LogP contribution < -0.4 is 9.64 Å². The van der Waals surface area contributed by atoms with E-state index < -0.39 is 0 Å². The van der Waals surface area contributed by atoms with Crippen molar-refractivity contribution in [3.8, 4) is 17.0 Å². The molecule has 0 N–H and O–H groups in total. The fraction of sp³-hybridized carbons (Fsp3) is 0.379. The Morgan fingerprint density at radius 2 is 1.73 bits per heavy atom. The van der Waals surface area contributed by atoms with Crippen molar-refractivity contribution in [2.75, 3.05) is 44.7 Å². The monoisotopic (exact) mass is 501 g/mol. The first kappa shape index (κ1) is 26.1. The maximum absolute atomic E-state index is 13.2. The number of anilines is 1. The molecule has 0 saturated carbocycles. The van der Waals surface area contributed by atoms with E-state index in [2.05, 4.69) is 15.1 Å². The largest absolute Gasteiger partial charge is 0.497 e. The molecule has 3 aromatic rings. The number of ether oxygens (including phenoxy) is 1. The van der Waals surface area contributed by atoms with E-state index in [9.17, 15) is 9.59 Å². The second-order valence-corrected chi connectivity index (χ2v) is 9.43. The Morgan fingerprint density at radius 3 is 2.35 bits per heavy atom. The molecule has 37 heavy (non-hydrogen) atoms. The molecule has 2 amide bonds. The van der Waals surface area contributed by atoms with Gasteiger partial charge in [-0.05, 0) is 56.7 Å². The fourth-order valence-electron chi connectivity index (χ4n) is 4.37. The number of piperazine rings is 1.